The predicted molar refractivity (Wildman–Crippen MR) is 78.2 cm³/mol. The fourth-order valence-corrected chi connectivity index (χ4v) is 1.84. The van der Waals surface area contributed by atoms with Gasteiger partial charge in [0.2, 0.25) is 0 Å². The van der Waals surface area contributed by atoms with Crippen molar-refractivity contribution in [2.75, 3.05) is 51.0 Å². The van der Waals surface area contributed by atoms with Crippen LogP contribution < -0.4 is 4.90 Å². The monoisotopic (exact) mass is 281 g/mol. The van der Waals surface area contributed by atoms with Gasteiger partial charge in [-0.15, -0.1) is 0 Å². The number of carbonyl (C=O) groups excluding carboxylic acids is 1. The van der Waals surface area contributed by atoms with Crippen LogP contribution in [0.15, 0.2) is 24.3 Å². The topological polar surface area (TPSA) is 59.0 Å². The highest BCUT2D eigenvalue weighted by atomic mass is 16.5. The average Bonchev–Trinajstić information content (AvgIpc) is 2.45. The van der Waals surface area contributed by atoms with E-state index in [9.17, 15) is 4.79 Å². The van der Waals surface area contributed by atoms with E-state index >= 15 is 0 Å². The summed E-state index contributed by atoms with van der Waals surface area (Å²) >= 11 is 0. The predicted octanol–water partition coefficient (Wildman–Crippen LogP) is 1.03. The number of aliphatic hydroxyl groups is 1. The SMILES string of the molecule is Cc1cccc(N(CCOCC=O)CCOCCO)c1. The molecule has 0 fully saturated rings. The smallest absolute Gasteiger partial charge is 0.145 e. The standard InChI is InChI=1S/C15H23NO4/c1-14-3-2-4-15(13-14)16(5-9-19-11-7-17)6-10-20-12-8-18/h2-4,7,13,18H,5-6,8-12H2,1H3. The number of aryl methyl sites for hydroxylation is 1. The number of anilines is 1. The van der Waals surface area contributed by atoms with Gasteiger partial charge in [0.05, 0.1) is 26.4 Å². The first-order valence-electron chi connectivity index (χ1n) is 6.79. The van der Waals surface area contributed by atoms with E-state index in [1.807, 2.05) is 25.1 Å². The lowest BCUT2D eigenvalue weighted by molar-refractivity contribution is -0.111. The Balaban J connectivity index is 2.51. The summed E-state index contributed by atoms with van der Waals surface area (Å²) in [6, 6.07) is 8.20. The Morgan fingerprint density at radius 1 is 1.20 bits per heavy atom. The van der Waals surface area contributed by atoms with E-state index in [2.05, 4.69) is 11.0 Å². The molecule has 20 heavy (non-hydrogen) atoms. The second-order valence-electron chi connectivity index (χ2n) is 4.40. The summed E-state index contributed by atoms with van der Waals surface area (Å²) < 4.78 is 10.5. The van der Waals surface area contributed by atoms with E-state index in [0.29, 0.717) is 32.9 Å². The largest absolute Gasteiger partial charge is 0.394 e. The Morgan fingerprint density at radius 3 is 2.60 bits per heavy atom. The Bertz CT molecular complexity index is 384. The van der Waals surface area contributed by atoms with Crippen LogP contribution in [0.1, 0.15) is 5.56 Å². The lowest BCUT2D eigenvalue weighted by Gasteiger charge is -2.25. The number of aliphatic hydroxyl groups excluding tert-OH is 1. The number of hydrogen-bond donors (Lipinski definition) is 1. The van der Waals surface area contributed by atoms with Crippen molar-refractivity contribution in [1.29, 1.82) is 0 Å². The molecule has 1 aromatic carbocycles. The van der Waals surface area contributed by atoms with Crippen LogP contribution in [-0.4, -0.2) is 57.5 Å². The maximum Gasteiger partial charge on any atom is 0.145 e. The highest BCUT2D eigenvalue weighted by molar-refractivity contribution is 5.50. The summed E-state index contributed by atoms with van der Waals surface area (Å²) in [5.74, 6) is 0. The number of rotatable bonds is 11. The van der Waals surface area contributed by atoms with Crippen LogP contribution in [0.3, 0.4) is 0 Å². The molecule has 0 radical (unpaired) electrons. The van der Waals surface area contributed by atoms with Crippen molar-refractivity contribution in [1.82, 2.24) is 0 Å². The summed E-state index contributed by atoms with van der Waals surface area (Å²) in [5, 5.41) is 8.69. The van der Waals surface area contributed by atoms with Crippen molar-refractivity contribution in [3.05, 3.63) is 29.8 Å². The van der Waals surface area contributed by atoms with Crippen molar-refractivity contribution < 1.29 is 19.4 Å². The fraction of sp³-hybridized carbons (Fsp3) is 0.533. The summed E-state index contributed by atoms with van der Waals surface area (Å²) in [6.07, 6.45) is 0.751. The average molecular weight is 281 g/mol. The molecule has 1 rings (SSSR count). The first kappa shape index (κ1) is 16.6. The van der Waals surface area contributed by atoms with Crippen LogP contribution in [0.5, 0.6) is 0 Å². The quantitative estimate of drug-likeness (QED) is 0.485. The van der Waals surface area contributed by atoms with Crippen LogP contribution in [0, 0.1) is 6.92 Å². The van der Waals surface area contributed by atoms with Crippen LogP contribution in [0.25, 0.3) is 0 Å². The number of nitrogens with zero attached hydrogens (tertiary/aromatic N) is 1. The number of benzene rings is 1. The van der Waals surface area contributed by atoms with Crippen molar-refractivity contribution in [3.63, 3.8) is 0 Å². The molecule has 0 aliphatic heterocycles. The highest BCUT2D eigenvalue weighted by Crippen LogP contribution is 2.15. The van der Waals surface area contributed by atoms with Crippen LogP contribution in [0.4, 0.5) is 5.69 Å². The second kappa shape index (κ2) is 10.4. The summed E-state index contributed by atoms with van der Waals surface area (Å²) in [7, 11) is 0. The molecule has 1 aromatic rings. The van der Waals surface area contributed by atoms with Crippen LogP contribution in [-0.2, 0) is 14.3 Å². The molecule has 0 spiro atoms. The van der Waals surface area contributed by atoms with Gasteiger partial charge in [-0.1, -0.05) is 12.1 Å². The van der Waals surface area contributed by atoms with E-state index in [0.717, 1.165) is 12.0 Å². The second-order valence-corrected chi connectivity index (χ2v) is 4.40. The minimum Gasteiger partial charge on any atom is -0.394 e. The van der Waals surface area contributed by atoms with Crippen LogP contribution in [0.2, 0.25) is 0 Å². The molecule has 0 bridgehead atoms. The van der Waals surface area contributed by atoms with E-state index in [4.69, 9.17) is 14.6 Å². The molecule has 5 heteroatoms. The third kappa shape index (κ3) is 6.65. The third-order valence-electron chi connectivity index (χ3n) is 2.80. The fourth-order valence-electron chi connectivity index (χ4n) is 1.84. The Hall–Kier alpha value is -1.43. The zero-order chi connectivity index (χ0) is 14.6. The molecular formula is C15H23NO4. The Kier molecular flexibility index (Phi) is 8.62. The van der Waals surface area contributed by atoms with Gasteiger partial charge in [0, 0.05) is 18.8 Å². The number of hydrogen-bond acceptors (Lipinski definition) is 5. The molecule has 0 saturated carbocycles. The summed E-state index contributed by atoms with van der Waals surface area (Å²) in [4.78, 5) is 12.4. The van der Waals surface area contributed by atoms with Crippen molar-refractivity contribution >= 4 is 12.0 Å². The number of aldehydes is 1. The van der Waals surface area contributed by atoms with E-state index in [1.165, 1.54) is 5.56 Å². The highest BCUT2D eigenvalue weighted by Gasteiger charge is 2.06. The molecule has 0 atom stereocenters. The summed E-state index contributed by atoms with van der Waals surface area (Å²) in [6.45, 7) is 5.01. The van der Waals surface area contributed by atoms with E-state index in [1.54, 1.807) is 0 Å². The first-order valence-corrected chi connectivity index (χ1v) is 6.79. The van der Waals surface area contributed by atoms with Crippen molar-refractivity contribution in [2.45, 2.75) is 6.92 Å². The molecule has 0 aromatic heterocycles. The molecular weight excluding hydrogens is 258 g/mol. The lowest BCUT2D eigenvalue weighted by Crippen LogP contribution is -2.31. The molecule has 112 valence electrons. The van der Waals surface area contributed by atoms with Gasteiger partial charge >= 0.3 is 0 Å². The van der Waals surface area contributed by atoms with Gasteiger partial charge in [-0.2, -0.15) is 0 Å². The molecule has 0 unspecified atom stereocenters. The van der Waals surface area contributed by atoms with Crippen molar-refractivity contribution in [2.24, 2.45) is 0 Å². The maximum absolute atomic E-state index is 10.2. The molecule has 1 N–H and O–H groups in total. The van der Waals surface area contributed by atoms with Gasteiger partial charge in [-0.05, 0) is 24.6 Å². The maximum atomic E-state index is 10.2. The zero-order valence-electron chi connectivity index (χ0n) is 12.0. The van der Waals surface area contributed by atoms with Crippen LogP contribution >= 0.6 is 0 Å². The van der Waals surface area contributed by atoms with Gasteiger partial charge in [-0.25, -0.2) is 0 Å². The molecule has 0 saturated heterocycles. The van der Waals surface area contributed by atoms with Gasteiger partial charge < -0.3 is 24.3 Å². The molecule has 0 amide bonds. The molecule has 0 aliphatic carbocycles. The summed E-state index contributed by atoms with van der Waals surface area (Å²) in [5.41, 5.74) is 2.30. The minimum absolute atomic E-state index is 0.0346. The van der Waals surface area contributed by atoms with Gasteiger partial charge in [0.15, 0.2) is 0 Å². The van der Waals surface area contributed by atoms with Gasteiger partial charge in [0.25, 0.3) is 0 Å². The van der Waals surface area contributed by atoms with Gasteiger partial charge in [0.1, 0.15) is 12.9 Å². The molecule has 0 heterocycles. The lowest BCUT2D eigenvalue weighted by atomic mass is 10.2. The molecule has 0 aliphatic rings. The normalized spacial score (nSPS) is 10.5. The van der Waals surface area contributed by atoms with E-state index < -0.39 is 0 Å². The Morgan fingerprint density at radius 2 is 1.95 bits per heavy atom. The molecule has 5 nitrogen and oxygen atoms in total. The Labute approximate surface area is 120 Å². The number of ether oxygens (including phenoxy) is 2. The first-order chi connectivity index (χ1) is 9.77. The van der Waals surface area contributed by atoms with Crippen molar-refractivity contribution in [3.8, 4) is 0 Å². The third-order valence-corrected chi connectivity index (χ3v) is 2.80. The zero-order valence-corrected chi connectivity index (χ0v) is 12.0. The minimum atomic E-state index is 0.0346. The number of carbonyl (C=O) groups is 1. The van der Waals surface area contributed by atoms with Gasteiger partial charge in [-0.3, -0.25) is 0 Å². The van der Waals surface area contributed by atoms with E-state index in [-0.39, 0.29) is 13.2 Å².